The maximum absolute atomic E-state index is 6.07. The van der Waals surface area contributed by atoms with Gasteiger partial charge in [-0.05, 0) is 50.3 Å². The molecule has 1 aromatic rings. The van der Waals surface area contributed by atoms with Crippen LogP contribution >= 0.6 is 0 Å². The Hall–Kier alpha value is -1.22. The molecule has 1 aliphatic carbocycles. The monoisotopic (exact) mass is 235 g/mol. The summed E-state index contributed by atoms with van der Waals surface area (Å²) in [4.78, 5) is 0. The van der Waals surface area contributed by atoms with Crippen LogP contribution in [0.3, 0.4) is 0 Å². The Morgan fingerprint density at radius 1 is 1.29 bits per heavy atom. The van der Waals surface area contributed by atoms with E-state index in [1.54, 1.807) is 7.11 Å². The van der Waals surface area contributed by atoms with E-state index in [0.29, 0.717) is 0 Å². The SMILES string of the molecule is COc1cc(C(C)(C)N)ccc1OCC1CC1. The van der Waals surface area contributed by atoms with Crippen LogP contribution < -0.4 is 15.2 Å². The number of hydrogen-bond donors (Lipinski definition) is 1. The van der Waals surface area contributed by atoms with Crippen LogP contribution in [0.25, 0.3) is 0 Å². The quantitative estimate of drug-likeness (QED) is 0.853. The highest BCUT2D eigenvalue weighted by Gasteiger charge is 2.23. The van der Waals surface area contributed by atoms with E-state index in [2.05, 4.69) is 0 Å². The number of benzene rings is 1. The molecule has 0 bridgehead atoms. The second-order valence-corrected chi connectivity index (χ2v) is 5.34. The number of methoxy groups -OCH3 is 1. The summed E-state index contributed by atoms with van der Waals surface area (Å²) in [5, 5.41) is 0. The van der Waals surface area contributed by atoms with Crippen molar-refractivity contribution in [2.24, 2.45) is 11.7 Å². The van der Waals surface area contributed by atoms with Crippen LogP contribution in [0.5, 0.6) is 11.5 Å². The van der Waals surface area contributed by atoms with Gasteiger partial charge < -0.3 is 15.2 Å². The molecule has 0 saturated heterocycles. The maximum Gasteiger partial charge on any atom is 0.161 e. The highest BCUT2D eigenvalue weighted by atomic mass is 16.5. The van der Waals surface area contributed by atoms with E-state index in [0.717, 1.165) is 29.6 Å². The zero-order chi connectivity index (χ0) is 12.5. The van der Waals surface area contributed by atoms with Crippen molar-refractivity contribution in [3.8, 4) is 11.5 Å². The van der Waals surface area contributed by atoms with Gasteiger partial charge in [0.1, 0.15) is 0 Å². The lowest BCUT2D eigenvalue weighted by Gasteiger charge is -2.21. The summed E-state index contributed by atoms with van der Waals surface area (Å²) >= 11 is 0. The fourth-order valence-corrected chi connectivity index (χ4v) is 1.68. The molecule has 1 fully saturated rings. The largest absolute Gasteiger partial charge is 0.493 e. The first kappa shape index (κ1) is 12.2. The Balaban J connectivity index is 2.15. The van der Waals surface area contributed by atoms with Gasteiger partial charge in [-0.3, -0.25) is 0 Å². The van der Waals surface area contributed by atoms with Gasteiger partial charge >= 0.3 is 0 Å². The average Bonchev–Trinajstić information content (AvgIpc) is 3.08. The fraction of sp³-hybridized carbons (Fsp3) is 0.571. The lowest BCUT2D eigenvalue weighted by atomic mass is 9.95. The summed E-state index contributed by atoms with van der Waals surface area (Å²) in [6.45, 7) is 4.75. The molecule has 0 aliphatic heterocycles. The van der Waals surface area contributed by atoms with Gasteiger partial charge in [0.25, 0.3) is 0 Å². The molecule has 0 atom stereocenters. The number of rotatable bonds is 5. The van der Waals surface area contributed by atoms with Crippen LogP contribution in [0.1, 0.15) is 32.3 Å². The van der Waals surface area contributed by atoms with Crippen molar-refractivity contribution in [2.45, 2.75) is 32.2 Å². The Morgan fingerprint density at radius 3 is 2.53 bits per heavy atom. The maximum atomic E-state index is 6.07. The zero-order valence-electron chi connectivity index (χ0n) is 10.8. The predicted octanol–water partition coefficient (Wildman–Crippen LogP) is 2.68. The minimum absolute atomic E-state index is 0.359. The molecule has 94 valence electrons. The van der Waals surface area contributed by atoms with Crippen molar-refractivity contribution in [3.05, 3.63) is 23.8 Å². The van der Waals surface area contributed by atoms with Crippen molar-refractivity contribution in [1.82, 2.24) is 0 Å². The summed E-state index contributed by atoms with van der Waals surface area (Å²) in [6, 6.07) is 5.91. The average molecular weight is 235 g/mol. The first-order valence-electron chi connectivity index (χ1n) is 6.11. The first-order valence-corrected chi connectivity index (χ1v) is 6.11. The molecule has 3 heteroatoms. The van der Waals surface area contributed by atoms with Gasteiger partial charge in [-0.15, -0.1) is 0 Å². The molecule has 0 spiro atoms. The minimum atomic E-state index is -0.359. The summed E-state index contributed by atoms with van der Waals surface area (Å²) in [5.41, 5.74) is 6.76. The van der Waals surface area contributed by atoms with Crippen molar-refractivity contribution >= 4 is 0 Å². The Labute approximate surface area is 103 Å². The molecule has 1 aromatic carbocycles. The minimum Gasteiger partial charge on any atom is -0.493 e. The third-order valence-electron chi connectivity index (χ3n) is 3.08. The third kappa shape index (κ3) is 3.13. The third-order valence-corrected chi connectivity index (χ3v) is 3.08. The van der Waals surface area contributed by atoms with Crippen LogP contribution in [0, 0.1) is 5.92 Å². The molecule has 0 heterocycles. The Kier molecular flexibility index (Phi) is 3.29. The molecular weight excluding hydrogens is 214 g/mol. The lowest BCUT2D eigenvalue weighted by molar-refractivity contribution is 0.280. The molecule has 2 N–H and O–H groups in total. The van der Waals surface area contributed by atoms with E-state index in [-0.39, 0.29) is 5.54 Å². The van der Waals surface area contributed by atoms with Crippen LogP contribution in [0.15, 0.2) is 18.2 Å². The van der Waals surface area contributed by atoms with Crippen LogP contribution in [-0.2, 0) is 5.54 Å². The molecule has 2 rings (SSSR count). The van der Waals surface area contributed by atoms with E-state index < -0.39 is 0 Å². The molecule has 0 aromatic heterocycles. The Morgan fingerprint density at radius 2 is 2.00 bits per heavy atom. The van der Waals surface area contributed by atoms with Crippen LogP contribution in [-0.4, -0.2) is 13.7 Å². The molecule has 1 saturated carbocycles. The summed E-state index contributed by atoms with van der Waals surface area (Å²) in [7, 11) is 1.66. The van der Waals surface area contributed by atoms with Crippen molar-refractivity contribution in [1.29, 1.82) is 0 Å². The molecule has 17 heavy (non-hydrogen) atoms. The number of nitrogens with two attached hydrogens (primary N) is 1. The highest BCUT2D eigenvalue weighted by molar-refractivity contribution is 5.44. The fourth-order valence-electron chi connectivity index (χ4n) is 1.68. The topological polar surface area (TPSA) is 44.5 Å². The molecule has 1 aliphatic rings. The molecular formula is C14H21NO2. The number of ether oxygens (including phenoxy) is 2. The standard InChI is InChI=1S/C14H21NO2/c1-14(2,15)11-6-7-12(13(8-11)16-3)17-9-10-4-5-10/h6-8,10H,4-5,9,15H2,1-3H3. The van der Waals surface area contributed by atoms with Crippen LogP contribution in [0.4, 0.5) is 0 Å². The lowest BCUT2D eigenvalue weighted by Crippen LogP contribution is -2.28. The predicted molar refractivity (Wildman–Crippen MR) is 68.4 cm³/mol. The zero-order valence-corrected chi connectivity index (χ0v) is 10.8. The first-order chi connectivity index (χ1) is 8.00. The smallest absolute Gasteiger partial charge is 0.161 e. The summed E-state index contributed by atoms with van der Waals surface area (Å²) in [6.07, 6.45) is 2.58. The second kappa shape index (κ2) is 4.57. The summed E-state index contributed by atoms with van der Waals surface area (Å²) < 4.78 is 11.1. The van der Waals surface area contributed by atoms with E-state index in [1.165, 1.54) is 12.8 Å². The van der Waals surface area contributed by atoms with Crippen LogP contribution in [0.2, 0.25) is 0 Å². The Bertz CT molecular complexity index is 392. The van der Waals surface area contributed by atoms with Crippen molar-refractivity contribution < 1.29 is 9.47 Å². The normalized spacial score (nSPS) is 15.8. The highest BCUT2D eigenvalue weighted by Crippen LogP contribution is 2.34. The molecule has 0 unspecified atom stereocenters. The van der Waals surface area contributed by atoms with Gasteiger partial charge in [0.2, 0.25) is 0 Å². The van der Waals surface area contributed by atoms with E-state index in [9.17, 15) is 0 Å². The molecule has 0 amide bonds. The van der Waals surface area contributed by atoms with E-state index in [1.807, 2.05) is 32.0 Å². The van der Waals surface area contributed by atoms with E-state index in [4.69, 9.17) is 15.2 Å². The van der Waals surface area contributed by atoms with Crippen molar-refractivity contribution in [3.63, 3.8) is 0 Å². The van der Waals surface area contributed by atoms with Crippen molar-refractivity contribution in [2.75, 3.05) is 13.7 Å². The van der Waals surface area contributed by atoms with Gasteiger partial charge in [0.15, 0.2) is 11.5 Å². The second-order valence-electron chi connectivity index (χ2n) is 5.34. The van der Waals surface area contributed by atoms with Gasteiger partial charge in [-0.1, -0.05) is 6.07 Å². The van der Waals surface area contributed by atoms with E-state index >= 15 is 0 Å². The summed E-state index contributed by atoms with van der Waals surface area (Å²) in [5.74, 6) is 2.32. The van der Waals surface area contributed by atoms with Gasteiger partial charge in [0.05, 0.1) is 13.7 Å². The number of hydrogen-bond acceptors (Lipinski definition) is 3. The van der Waals surface area contributed by atoms with Gasteiger partial charge in [-0.25, -0.2) is 0 Å². The molecule has 3 nitrogen and oxygen atoms in total. The molecule has 0 radical (unpaired) electrons. The van der Waals surface area contributed by atoms with Gasteiger partial charge in [-0.2, -0.15) is 0 Å². The van der Waals surface area contributed by atoms with Gasteiger partial charge in [0, 0.05) is 5.54 Å².